The average Bonchev–Trinajstić information content (AvgIpc) is 3.26. The van der Waals surface area contributed by atoms with Gasteiger partial charge in [-0.1, -0.05) is 11.6 Å². The van der Waals surface area contributed by atoms with Crippen LogP contribution in [0.2, 0.25) is 5.02 Å². The fourth-order valence-corrected chi connectivity index (χ4v) is 5.25. The number of nitrogens with one attached hydrogen (secondary N) is 1. The van der Waals surface area contributed by atoms with Crippen molar-refractivity contribution in [2.45, 2.75) is 44.6 Å². The van der Waals surface area contributed by atoms with Crippen LogP contribution >= 0.6 is 11.6 Å². The van der Waals surface area contributed by atoms with E-state index in [0.717, 1.165) is 12.8 Å². The lowest BCUT2D eigenvalue weighted by molar-refractivity contribution is -0.133. The number of H-pyrrole nitrogens is 1. The molecule has 1 aromatic carbocycles. The first-order valence-electron chi connectivity index (χ1n) is 10.6. The Labute approximate surface area is 189 Å². The highest BCUT2D eigenvalue weighted by molar-refractivity contribution is 6.33. The second kappa shape index (κ2) is 8.54. The molecule has 0 radical (unpaired) electrons. The van der Waals surface area contributed by atoms with Crippen LogP contribution in [0.4, 0.5) is 10.1 Å². The normalized spacial score (nSPS) is 23.4. The molecule has 10 heteroatoms. The van der Waals surface area contributed by atoms with E-state index in [4.69, 9.17) is 17.3 Å². The van der Waals surface area contributed by atoms with Crippen LogP contribution in [0.15, 0.2) is 24.5 Å². The molecule has 4 rings (SSSR count). The van der Waals surface area contributed by atoms with E-state index in [-0.39, 0.29) is 34.3 Å². The second-order valence-electron chi connectivity index (χ2n) is 8.57. The van der Waals surface area contributed by atoms with E-state index in [1.807, 2.05) is 0 Å². The molecule has 1 aliphatic carbocycles. The van der Waals surface area contributed by atoms with Crippen molar-refractivity contribution in [2.75, 3.05) is 18.5 Å². The number of benzene rings is 1. The Bertz CT molecular complexity index is 1060. The molecule has 1 spiro atoms. The number of hydrogen-bond donors (Lipinski definition) is 2. The standard InChI is InChI=1S/C22H25ClFN5O3/c1-28(20(31)18-17(19(25)30)26-12-27-18)14-5-8-22(9-6-14)7-2-10-29(21(22)32)16-4-3-13(24)11-15(16)23/h3-4,11-12,14H,2,5-10H2,1H3,(H2,25,30)(H,26,27)/t14-,22+. The van der Waals surface area contributed by atoms with Crippen LogP contribution in [0.3, 0.4) is 0 Å². The van der Waals surface area contributed by atoms with Gasteiger partial charge in [0.1, 0.15) is 11.5 Å². The highest BCUT2D eigenvalue weighted by Gasteiger charge is 2.47. The summed E-state index contributed by atoms with van der Waals surface area (Å²) < 4.78 is 13.5. The molecule has 1 saturated heterocycles. The molecule has 1 aromatic heterocycles. The maximum atomic E-state index is 13.5. The highest BCUT2D eigenvalue weighted by Crippen LogP contribution is 2.46. The van der Waals surface area contributed by atoms with Gasteiger partial charge in [0.25, 0.3) is 11.8 Å². The quantitative estimate of drug-likeness (QED) is 0.728. The molecule has 0 bridgehead atoms. The number of hydrogen-bond acceptors (Lipinski definition) is 4. The van der Waals surface area contributed by atoms with Gasteiger partial charge in [0.15, 0.2) is 5.69 Å². The Hall–Kier alpha value is -2.94. The number of primary amides is 1. The van der Waals surface area contributed by atoms with Crippen LogP contribution in [0.1, 0.15) is 59.5 Å². The lowest BCUT2D eigenvalue weighted by atomic mass is 9.67. The summed E-state index contributed by atoms with van der Waals surface area (Å²) in [6, 6.07) is 4.00. The molecule has 170 valence electrons. The van der Waals surface area contributed by atoms with Gasteiger partial charge in [0, 0.05) is 25.0 Å². The molecular formula is C22H25ClFN5O3. The zero-order valence-corrected chi connectivity index (χ0v) is 18.5. The number of halogens is 2. The SMILES string of the molecule is CN(C(=O)c1nc[nH]c1C(N)=O)[C@H]1CC[C@]2(CCCN(c3ccc(F)cc3Cl)C2=O)CC1. The highest BCUT2D eigenvalue weighted by atomic mass is 35.5. The molecule has 1 saturated carbocycles. The van der Waals surface area contributed by atoms with E-state index in [1.54, 1.807) is 22.9 Å². The van der Waals surface area contributed by atoms with Gasteiger partial charge in [-0.05, 0) is 56.7 Å². The first-order chi connectivity index (χ1) is 15.2. The summed E-state index contributed by atoms with van der Waals surface area (Å²) in [7, 11) is 1.68. The Morgan fingerprint density at radius 2 is 2.03 bits per heavy atom. The number of amides is 3. The van der Waals surface area contributed by atoms with Crippen molar-refractivity contribution in [3.63, 3.8) is 0 Å². The van der Waals surface area contributed by atoms with Crippen LogP contribution in [0.5, 0.6) is 0 Å². The molecule has 2 aliphatic rings. The number of anilines is 1. The average molecular weight is 462 g/mol. The summed E-state index contributed by atoms with van der Waals surface area (Å²) in [5, 5.41) is 0.221. The van der Waals surface area contributed by atoms with Crippen molar-refractivity contribution in [1.82, 2.24) is 14.9 Å². The first-order valence-corrected chi connectivity index (χ1v) is 11.0. The van der Waals surface area contributed by atoms with Gasteiger partial charge in [0.2, 0.25) is 5.91 Å². The summed E-state index contributed by atoms with van der Waals surface area (Å²) in [6.07, 6.45) is 5.43. The van der Waals surface area contributed by atoms with Gasteiger partial charge in [-0.25, -0.2) is 9.37 Å². The van der Waals surface area contributed by atoms with Crippen LogP contribution in [-0.4, -0.2) is 52.2 Å². The van der Waals surface area contributed by atoms with E-state index >= 15 is 0 Å². The molecule has 3 N–H and O–H groups in total. The largest absolute Gasteiger partial charge is 0.364 e. The van der Waals surface area contributed by atoms with Crippen molar-refractivity contribution >= 4 is 35.0 Å². The van der Waals surface area contributed by atoms with E-state index in [0.29, 0.717) is 37.9 Å². The fourth-order valence-electron chi connectivity index (χ4n) is 4.98. The molecule has 0 atom stereocenters. The minimum absolute atomic E-state index is 0.00570. The van der Waals surface area contributed by atoms with Crippen molar-refractivity contribution in [2.24, 2.45) is 11.1 Å². The first kappa shape index (κ1) is 22.3. The van der Waals surface area contributed by atoms with Gasteiger partial charge in [-0.15, -0.1) is 0 Å². The monoisotopic (exact) mass is 461 g/mol. The Balaban J connectivity index is 1.47. The predicted molar refractivity (Wildman–Crippen MR) is 117 cm³/mol. The summed E-state index contributed by atoms with van der Waals surface area (Å²) in [5.74, 6) is -1.56. The van der Waals surface area contributed by atoms with Crippen LogP contribution in [0.25, 0.3) is 0 Å². The van der Waals surface area contributed by atoms with Gasteiger partial charge in [0.05, 0.1) is 17.0 Å². The molecule has 2 heterocycles. The number of imidazole rings is 1. The third-order valence-corrected chi connectivity index (χ3v) is 7.11. The van der Waals surface area contributed by atoms with E-state index in [1.165, 1.54) is 18.5 Å². The van der Waals surface area contributed by atoms with E-state index in [2.05, 4.69) is 9.97 Å². The third kappa shape index (κ3) is 3.85. The Morgan fingerprint density at radius 3 is 2.69 bits per heavy atom. The van der Waals surface area contributed by atoms with Crippen LogP contribution < -0.4 is 10.6 Å². The number of aromatic amines is 1. The van der Waals surface area contributed by atoms with Crippen molar-refractivity contribution in [3.8, 4) is 0 Å². The number of nitrogens with zero attached hydrogens (tertiary/aromatic N) is 3. The summed E-state index contributed by atoms with van der Waals surface area (Å²) in [5.41, 5.74) is 5.32. The maximum Gasteiger partial charge on any atom is 0.274 e. The van der Waals surface area contributed by atoms with E-state index < -0.39 is 17.1 Å². The number of aromatic nitrogens is 2. The second-order valence-corrected chi connectivity index (χ2v) is 8.98. The minimum atomic E-state index is -0.741. The van der Waals surface area contributed by atoms with Gasteiger partial charge in [-0.2, -0.15) is 0 Å². The van der Waals surface area contributed by atoms with Crippen LogP contribution in [0, 0.1) is 11.2 Å². The topological polar surface area (TPSA) is 112 Å². The molecule has 2 fully saturated rings. The van der Waals surface area contributed by atoms with Crippen molar-refractivity contribution < 1.29 is 18.8 Å². The van der Waals surface area contributed by atoms with Gasteiger partial charge in [-0.3, -0.25) is 14.4 Å². The molecule has 1 aliphatic heterocycles. The number of nitrogens with two attached hydrogens (primary N) is 1. The van der Waals surface area contributed by atoms with Crippen molar-refractivity contribution in [3.05, 3.63) is 46.8 Å². The Morgan fingerprint density at radius 1 is 1.31 bits per heavy atom. The molecule has 0 unspecified atom stereocenters. The van der Waals surface area contributed by atoms with Gasteiger partial charge >= 0.3 is 0 Å². The minimum Gasteiger partial charge on any atom is -0.364 e. The third-order valence-electron chi connectivity index (χ3n) is 6.81. The number of piperidine rings is 1. The zero-order valence-electron chi connectivity index (χ0n) is 17.7. The number of carbonyl (C=O) groups excluding carboxylic acids is 3. The molecule has 3 amide bonds. The Kier molecular flexibility index (Phi) is 5.94. The van der Waals surface area contributed by atoms with Gasteiger partial charge < -0.3 is 20.5 Å². The predicted octanol–water partition coefficient (Wildman–Crippen LogP) is 3.13. The zero-order chi connectivity index (χ0) is 23.0. The molecule has 32 heavy (non-hydrogen) atoms. The van der Waals surface area contributed by atoms with Crippen molar-refractivity contribution in [1.29, 1.82) is 0 Å². The number of carbonyl (C=O) groups is 3. The lowest BCUT2D eigenvalue weighted by Crippen LogP contribution is -2.52. The lowest BCUT2D eigenvalue weighted by Gasteiger charge is -2.46. The summed E-state index contributed by atoms with van der Waals surface area (Å²) in [6.45, 7) is 0.544. The molecule has 8 nitrogen and oxygen atoms in total. The maximum absolute atomic E-state index is 13.5. The molecular weight excluding hydrogens is 437 g/mol. The molecule has 2 aromatic rings. The smallest absolute Gasteiger partial charge is 0.274 e. The summed E-state index contributed by atoms with van der Waals surface area (Å²) in [4.78, 5) is 47.7. The number of rotatable bonds is 4. The summed E-state index contributed by atoms with van der Waals surface area (Å²) >= 11 is 6.22. The fraction of sp³-hybridized carbons (Fsp3) is 0.455. The van der Waals surface area contributed by atoms with E-state index in [9.17, 15) is 18.8 Å². The van der Waals surface area contributed by atoms with Crippen LogP contribution in [-0.2, 0) is 4.79 Å².